The first-order chi connectivity index (χ1) is 6.57. The van der Waals surface area contributed by atoms with Crippen molar-refractivity contribution in [2.75, 3.05) is 26.2 Å². The van der Waals surface area contributed by atoms with E-state index in [0.29, 0.717) is 5.41 Å². The molecule has 0 aromatic carbocycles. The average molecular weight is 194 g/mol. The Bertz CT molecular complexity index is 227. The van der Waals surface area contributed by atoms with Gasteiger partial charge in [0.05, 0.1) is 0 Å². The Hall–Kier alpha value is -0.0800. The van der Waals surface area contributed by atoms with Gasteiger partial charge < -0.3 is 5.32 Å². The van der Waals surface area contributed by atoms with E-state index in [1.54, 1.807) is 0 Å². The lowest BCUT2D eigenvalue weighted by atomic mass is 9.76. The van der Waals surface area contributed by atoms with Crippen LogP contribution in [0.1, 0.15) is 20.8 Å². The number of piperidine rings is 1. The van der Waals surface area contributed by atoms with E-state index in [-0.39, 0.29) is 0 Å². The second kappa shape index (κ2) is 2.73. The highest BCUT2D eigenvalue weighted by molar-refractivity contribution is 5.12. The number of hydrogen-bond donors (Lipinski definition) is 1. The molecule has 0 radical (unpaired) electrons. The first-order valence-electron chi connectivity index (χ1n) is 6.02. The minimum Gasteiger partial charge on any atom is -0.316 e. The SMILES string of the molecule is CC(C)(C)C1CN(C2C3CNCC32)C1. The molecule has 0 spiro atoms. The van der Waals surface area contributed by atoms with E-state index in [4.69, 9.17) is 0 Å². The largest absolute Gasteiger partial charge is 0.316 e. The predicted octanol–water partition coefficient (Wildman–Crippen LogP) is 1.18. The van der Waals surface area contributed by atoms with Crippen molar-refractivity contribution < 1.29 is 0 Å². The van der Waals surface area contributed by atoms with Crippen LogP contribution in [0.4, 0.5) is 0 Å². The van der Waals surface area contributed by atoms with Gasteiger partial charge >= 0.3 is 0 Å². The van der Waals surface area contributed by atoms with E-state index in [2.05, 4.69) is 31.0 Å². The molecule has 2 nitrogen and oxygen atoms in total. The van der Waals surface area contributed by atoms with Crippen LogP contribution in [0.15, 0.2) is 0 Å². The summed E-state index contributed by atoms with van der Waals surface area (Å²) in [7, 11) is 0. The summed E-state index contributed by atoms with van der Waals surface area (Å²) < 4.78 is 0. The smallest absolute Gasteiger partial charge is 0.0184 e. The lowest BCUT2D eigenvalue weighted by Crippen LogP contribution is -2.54. The van der Waals surface area contributed by atoms with E-state index >= 15 is 0 Å². The van der Waals surface area contributed by atoms with Gasteiger partial charge in [-0.1, -0.05) is 20.8 Å². The fourth-order valence-corrected chi connectivity index (χ4v) is 3.23. The number of fused-ring (bicyclic) bond motifs is 1. The summed E-state index contributed by atoms with van der Waals surface area (Å²) in [6.45, 7) is 12.4. The lowest BCUT2D eigenvalue weighted by molar-refractivity contribution is 0.0108. The van der Waals surface area contributed by atoms with Gasteiger partial charge in [-0.05, 0) is 36.3 Å². The molecule has 0 amide bonds. The van der Waals surface area contributed by atoms with E-state index in [9.17, 15) is 0 Å². The summed E-state index contributed by atoms with van der Waals surface area (Å²) in [6, 6.07) is 0.967. The Labute approximate surface area is 87.0 Å². The lowest BCUT2D eigenvalue weighted by Gasteiger charge is -2.47. The van der Waals surface area contributed by atoms with E-state index in [1.165, 1.54) is 26.2 Å². The Kier molecular flexibility index (Phi) is 1.79. The molecule has 2 atom stereocenters. The minimum atomic E-state index is 0.527. The van der Waals surface area contributed by atoms with Crippen molar-refractivity contribution in [3.8, 4) is 0 Å². The minimum absolute atomic E-state index is 0.527. The molecule has 0 aromatic heterocycles. The first kappa shape index (κ1) is 9.17. The zero-order valence-electron chi connectivity index (χ0n) is 9.59. The first-order valence-corrected chi connectivity index (χ1v) is 6.02. The Morgan fingerprint density at radius 1 is 1.07 bits per heavy atom. The molecule has 2 unspecified atom stereocenters. The molecular weight excluding hydrogens is 172 g/mol. The molecule has 0 aromatic rings. The summed E-state index contributed by atoms with van der Waals surface area (Å²) in [5.41, 5.74) is 0.527. The van der Waals surface area contributed by atoms with E-state index in [1.807, 2.05) is 0 Å². The molecular formula is C12H22N2. The van der Waals surface area contributed by atoms with Gasteiger partial charge in [-0.15, -0.1) is 0 Å². The molecule has 0 bridgehead atoms. The van der Waals surface area contributed by atoms with Crippen molar-refractivity contribution >= 4 is 0 Å². The normalized spacial score (nSPS) is 43.5. The molecule has 80 valence electrons. The number of nitrogens with zero attached hydrogens (tertiary/aromatic N) is 1. The highest BCUT2D eigenvalue weighted by Crippen LogP contribution is 2.49. The van der Waals surface area contributed by atoms with Gasteiger partial charge in [0.15, 0.2) is 0 Å². The van der Waals surface area contributed by atoms with Gasteiger partial charge in [0, 0.05) is 19.1 Å². The van der Waals surface area contributed by atoms with Gasteiger partial charge in [0.2, 0.25) is 0 Å². The second-order valence-electron chi connectivity index (χ2n) is 6.49. The summed E-state index contributed by atoms with van der Waals surface area (Å²) in [5, 5.41) is 3.47. The van der Waals surface area contributed by atoms with E-state index < -0.39 is 0 Å². The zero-order chi connectivity index (χ0) is 9.92. The predicted molar refractivity (Wildman–Crippen MR) is 58.2 cm³/mol. The molecule has 3 aliphatic rings. The highest BCUT2D eigenvalue weighted by atomic mass is 15.3. The van der Waals surface area contributed by atoms with Gasteiger partial charge in [0.1, 0.15) is 0 Å². The number of nitrogens with one attached hydrogen (secondary N) is 1. The summed E-state index contributed by atoms with van der Waals surface area (Å²) in [4.78, 5) is 2.73. The van der Waals surface area contributed by atoms with Crippen LogP contribution in [-0.2, 0) is 0 Å². The number of hydrogen-bond acceptors (Lipinski definition) is 2. The molecule has 1 N–H and O–H groups in total. The van der Waals surface area contributed by atoms with Crippen LogP contribution in [0.3, 0.4) is 0 Å². The fraction of sp³-hybridized carbons (Fsp3) is 1.00. The Morgan fingerprint density at radius 3 is 2.14 bits per heavy atom. The molecule has 1 saturated carbocycles. The second-order valence-corrected chi connectivity index (χ2v) is 6.49. The summed E-state index contributed by atoms with van der Waals surface area (Å²) >= 11 is 0. The maximum atomic E-state index is 3.47. The molecule has 2 heteroatoms. The quantitative estimate of drug-likeness (QED) is 0.674. The molecule has 2 saturated heterocycles. The van der Waals surface area contributed by atoms with Crippen LogP contribution in [0, 0.1) is 23.2 Å². The van der Waals surface area contributed by atoms with Crippen molar-refractivity contribution in [1.29, 1.82) is 0 Å². The Morgan fingerprint density at radius 2 is 1.64 bits per heavy atom. The Balaban J connectivity index is 1.52. The van der Waals surface area contributed by atoms with Crippen LogP contribution in [0.5, 0.6) is 0 Å². The van der Waals surface area contributed by atoms with Crippen LogP contribution in [0.2, 0.25) is 0 Å². The average Bonchev–Trinajstić information content (AvgIpc) is 2.49. The van der Waals surface area contributed by atoms with Crippen molar-refractivity contribution in [3.05, 3.63) is 0 Å². The van der Waals surface area contributed by atoms with Crippen molar-refractivity contribution in [2.24, 2.45) is 23.2 Å². The molecule has 3 fully saturated rings. The third-order valence-electron chi connectivity index (χ3n) is 4.60. The van der Waals surface area contributed by atoms with Gasteiger partial charge in [-0.3, -0.25) is 4.90 Å². The van der Waals surface area contributed by atoms with Crippen LogP contribution in [0.25, 0.3) is 0 Å². The van der Waals surface area contributed by atoms with Crippen molar-refractivity contribution in [2.45, 2.75) is 26.8 Å². The van der Waals surface area contributed by atoms with Gasteiger partial charge in [-0.25, -0.2) is 0 Å². The molecule has 3 rings (SSSR count). The fourth-order valence-electron chi connectivity index (χ4n) is 3.23. The maximum Gasteiger partial charge on any atom is 0.0184 e. The zero-order valence-corrected chi connectivity index (χ0v) is 9.59. The molecule has 14 heavy (non-hydrogen) atoms. The van der Waals surface area contributed by atoms with Crippen molar-refractivity contribution in [3.63, 3.8) is 0 Å². The standard InChI is InChI=1S/C12H22N2/c1-12(2,3)8-6-14(7-8)11-9-4-13-5-10(9)11/h8-11,13H,4-7H2,1-3H3. The van der Waals surface area contributed by atoms with Crippen LogP contribution >= 0.6 is 0 Å². The van der Waals surface area contributed by atoms with E-state index in [0.717, 1.165) is 23.8 Å². The molecule has 1 aliphatic carbocycles. The van der Waals surface area contributed by atoms with Crippen LogP contribution in [-0.4, -0.2) is 37.1 Å². The maximum absolute atomic E-state index is 3.47. The number of rotatable bonds is 1. The van der Waals surface area contributed by atoms with Gasteiger partial charge in [-0.2, -0.15) is 0 Å². The molecule has 2 heterocycles. The third kappa shape index (κ3) is 1.24. The number of likely N-dealkylation sites (tertiary alicyclic amines) is 1. The van der Waals surface area contributed by atoms with Crippen molar-refractivity contribution in [1.82, 2.24) is 10.2 Å². The topological polar surface area (TPSA) is 15.3 Å². The molecule has 2 aliphatic heterocycles. The van der Waals surface area contributed by atoms with Crippen LogP contribution < -0.4 is 5.32 Å². The van der Waals surface area contributed by atoms with Gasteiger partial charge in [0.25, 0.3) is 0 Å². The highest BCUT2D eigenvalue weighted by Gasteiger charge is 2.58. The summed E-state index contributed by atoms with van der Waals surface area (Å²) in [5.74, 6) is 2.96. The summed E-state index contributed by atoms with van der Waals surface area (Å²) in [6.07, 6.45) is 0. The monoisotopic (exact) mass is 194 g/mol. The third-order valence-corrected chi connectivity index (χ3v) is 4.60.